The Morgan fingerprint density at radius 1 is 0.839 bits per heavy atom. The molecule has 2 saturated heterocycles. The van der Waals surface area contributed by atoms with Crippen LogP contribution in [-0.4, -0.2) is 90.3 Å². The van der Waals surface area contributed by atoms with Gasteiger partial charge in [-0.15, -0.1) is 0 Å². The standard InChI is InChI=1S/C47H53N7O8/c1-5-53(33-17-21-62-22-18-33)39-25-32(24-35(29(39)4)43(57)50-26-36-27(2)23-28(3)51-44(36)58)30-11-13-31(14-12-30)42(56)49-20-7-6-19-48-37-10-8-9-34-41(37)47(61)54(46(34)60)38-15-16-40(55)52-45(38)59/h8-14,23-25,33,38,48H,5-7,15-22,26H2,1-4H3,(H,49,56)(H,50,57)(H,51,58)(H,52,55,59). The molecule has 15 nitrogen and oxygen atoms in total. The van der Waals surface area contributed by atoms with Gasteiger partial charge in [-0.2, -0.15) is 0 Å². The van der Waals surface area contributed by atoms with E-state index < -0.39 is 29.7 Å². The monoisotopic (exact) mass is 843 g/mol. The first-order chi connectivity index (χ1) is 29.9. The van der Waals surface area contributed by atoms with Gasteiger partial charge >= 0.3 is 0 Å². The molecule has 1 atom stereocenters. The van der Waals surface area contributed by atoms with Gasteiger partial charge in [-0.05, 0) is 125 Å². The molecular weight excluding hydrogens is 791 g/mol. The Morgan fingerprint density at radius 2 is 1.58 bits per heavy atom. The minimum Gasteiger partial charge on any atom is -0.384 e. The van der Waals surface area contributed by atoms with Gasteiger partial charge in [-0.3, -0.25) is 43.8 Å². The number of benzene rings is 3. The van der Waals surface area contributed by atoms with Crippen LogP contribution in [0, 0.1) is 20.8 Å². The van der Waals surface area contributed by atoms with Crippen molar-refractivity contribution in [3.05, 3.63) is 116 Å². The minimum absolute atomic E-state index is 0.0461. The lowest BCUT2D eigenvalue weighted by Gasteiger charge is -2.37. The fourth-order valence-corrected chi connectivity index (χ4v) is 8.64. The number of fused-ring (bicyclic) bond motifs is 1. The highest BCUT2D eigenvalue weighted by molar-refractivity contribution is 6.25. The van der Waals surface area contributed by atoms with E-state index in [9.17, 15) is 33.6 Å². The number of rotatable bonds is 15. The molecule has 0 radical (unpaired) electrons. The number of unbranched alkanes of at least 4 members (excludes halogenated alkanes) is 1. The van der Waals surface area contributed by atoms with Crippen LogP contribution in [0.3, 0.4) is 0 Å². The molecule has 324 valence electrons. The highest BCUT2D eigenvalue weighted by Crippen LogP contribution is 2.35. The highest BCUT2D eigenvalue weighted by atomic mass is 16.5. The van der Waals surface area contributed by atoms with Crippen molar-refractivity contribution in [3.63, 3.8) is 0 Å². The highest BCUT2D eigenvalue weighted by Gasteiger charge is 2.45. The molecule has 7 rings (SSSR count). The number of aromatic amines is 1. The lowest BCUT2D eigenvalue weighted by atomic mass is 9.94. The van der Waals surface area contributed by atoms with Crippen LogP contribution in [0.15, 0.2) is 65.5 Å². The Kier molecular flexibility index (Phi) is 13.3. The molecule has 0 aliphatic carbocycles. The maximum Gasteiger partial charge on any atom is 0.264 e. The van der Waals surface area contributed by atoms with Crippen LogP contribution in [0.5, 0.6) is 0 Å². The molecule has 62 heavy (non-hydrogen) atoms. The summed E-state index contributed by atoms with van der Waals surface area (Å²) in [6, 6.07) is 17.3. The third-order valence-corrected chi connectivity index (χ3v) is 12.0. The first-order valence-electron chi connectivity index (χ1n) is 21.3. The Labute approximate surface area is 360 Å². The van der Waals surface area contributed by atoms with Crippen LogP contribution in [0.4, 0.5) is 11.4 Å². The number of nitrogens with zero attached hydrogens (tertiary/aromatic N) is 2. The van der Waals surface area contributed by atoms with Gasteiger partial charge in [0.2, 0.25) is 11.8 Å². The molecule has 6 amide bonds. The number of H-pyrrole nitrogens is 1. The van der Waals surface area contributed by atoms with Crippen molar-refractivity contribution in [3.8, 4) is 11.1 Å². The molecule has 1 unspecified atom stereocenters. The van der Waals surface area contributed by atoms with Gasteiger partial charge < -0.3 is 30.6 Å². The quantitative estimate of drug-likeness (QED) is 0.0809. The zero-order chi connectivity index (χ0) is 44.1. The lowest BCUT2D eigenvalue weighted by molar-refractivity contribution is -0.136. The van der Waals surface area contributed by atoms with Gasteiger partial charge in [0, 0.05) is 85.6 Å². The van der Waals surface area contributed by atoms with Crippen molar-refractivity contribution in [2.75, 3.05) is 43.1 Å². The summed E-state index contributed by atoms with van der Waals surface area (Å²) in [6.45, 7) is 10.8. The number of pyridine rings is 1. The predicted molar refractivity (Wildman–Crippen MR) is 234 cm³/mol. The fourth-order valence-electron chi connectivity index (χ4n) is 8.64. The third kappa shape index (κ3) is 9.17. The Hall–Kier alpha value is -6.61. The molecule has 1 aromatic heterocycles. The van der Waals surface area contributed by atoms with Gasteiger partial charge in [0.15, 0.2) is 0 Å². The van der Waals surface area contributed by atoms with Crippen LogP contribution in [0.25, 0.3) is 11.1 Å². The van der Waals surface area contributed by atoms with Gasteiger partial charge in [0.05, 0.1) is 11.1 Å². The van der Waals surface area contributed by atoms with Crippen molar-refractivity contribution in [1.29, 1.82) is 0 Å². The van der Waals surface area contributed by atoms with Crippen LogP contribution < -0.4 is 31.7 Å². The number of hydrogen-bond acceptors (Lipinski definition) is 10. The first kappa shape index (κ1) is 43.5. The Morgan fingerprint density at radius 3 is 2.29 bits per heavy atom. The van der Waals surface area contributed by atoms with E-state index in [1.54, 1.807) is 30.3 Å². The second-order valence-electron chi connectivity index (χ2n) is 16.1. The summed E-state index contributed by atoms with van der Waals surface area (Å²) in [5, 5.41) is 11.4. The summed E-state index contributed by atoms with van der Waals surface area (Å²) in [6.07, 6.45) is 3.16. The number of ether oxygens (including phenoxy) is 1. The predicted octanol–water partition coefficient (Wildman–Crippen LogP) is 4.93. The van der Waals surface area contributed by atoms with Crippen LogP contribution in [0.2, 0.25) is 0 Å². The maximum absolute atomic E-state index is 13.9. The molecule has 4 aromatic rings. The van der Waals surface area contributed by atoms with Crippen LogP contribution in [0.1, 0.15) is 109 Å². The number of carbonyl (C=O) groups is 6. The van der Waals surface area contributed by atoms with Crippen molar-refractivity contribution >= 4 is 46.8 Å². The van der Waals surface area contributed by atoms with E-state index in [0.717, 1.165) is 57.9 Å². The number of anilines is 2. The van der Waals surface area contributed by atoms with E-state index in [4.69, 9.17) is 4.74 Å². The molecule has 3 aliphatic heterocycles. The van der Waals surface area contributed by atoms with Gasteiger partial charge in [-0.25, -0.2) is 0 Å². The number of aryl methyl sites for hydroxylation is 2. The van der Waals surface area contributed by atoms with Gasteiger partial charge in [0.25, 0.3) is 29.2 Å². The second-order valence-corrected chi connectivity index (χ2v) is 16.1. The van der Waals surface area contributed by atoms with Gasteiger partial charge in [-0.1, -0.05) is 18.2 Å². The summed E-state index contributed by atoms with van der Waals surface area (Å²) >= 11 is 0. The molecule has 3 aliphatic rings. The number of aromatic nitrogens is 1. The third-order valence-electron chi connectivity index (χ3n) is 12.0. The number of nitrogens with one attached hydrogen (secondary N) is 5. The Bertz CT molecular complexity index is 2470. The smallest absolute Gasteiger partial charge is 0.264 e. The SMILES string of the molecule is CCN(c1cc(-c2ccc(C(=O)NCCCCNc3cccc4c3C(=O)N(C3CCC(=O)NC3=O)C4=O)cc2)cc(C(=O)NCc2c(C)cc(C)[nH]c2=O)c1C)C1CCOCC1. The molecular formula is C47H53N7O8. The summed E-state index contributed by atoms with van der Waals surface area (Å²) in [5.74, 6) is -2.74. The van der Waals surface area contributed by atoms with Crippen molar-refractivity contribution < 1.29 is 33.5 Å². The minimum atomic E-state index is -1.04. The molecule has 0 bridgehead atoms. The van der Waals surface area contributed by atoms with Crippen molar-refractivity contribution in [2.24, 2.45) is 0 Å². The largest absolute Gasteiger partial charge is 0.384 e. The number of imide groups is 2. The maximum atomic E-state index is 13.9. The summed E-state index contributed by atoms with van der Waals surface area (Å²) in [7, 11) is 0. The molecule has 15 heteroatoms. The topological polar surface area (TPSA) is 199 Å². The number of carbonyl (C=O) groups excluding carboxylic acids is 6. The molecule has 0 saturated carbocycles. The van der Waals surface area contributed by atoms with E-state index in [-0.39, 0.29) is 53.9 Å². The summed E-state index contributed by atoms with van der Waals surface area (Å²) in [4.78, 5) is 96.6. The molecule has 5 N–H and O–H groups in total. The number of amides is 6. The van der Waals surface area contributed by atoms with E-state index in [0.29, 0.717) is 61.5 Å². The normalized spacial score (nSPS) is 16.5. The van der Waals surface area contributed by atoms with Crippen LogP contribution in [-0.2, 0) is 20.9 Å². The number of piperidine rings is 1. The van der Waals surface area contributed by atoms with Crippen molar-refractivity contribution in [2.45, 2.75) is 84.8 Å². The zero-order valence-electron chi connectivity index (χ0n) is 35.6. The molecule has 3 aromatic carbocycles. The average molecular weight is 844 g/mol. The zero-order valence-corrected chi connectivity index (χ0v) is 35.6. The number of hydrogen-bond donors (Lipinski definition) is 5. The lowest BCUT2D eigenvalue weighted by Crippen LogP contribution is -2.54. The first-order valence-corrected chi connectivity index (χ1v) is 21.3. The summed E-state index contributed by atoms with van der Waals surface area (Å²) < 4.78 is 5.66. The van der Waals surface area contributed by atoms with Gasteiger partial charge in [0.1, 0.15) is 6.04 Å². The van der Waals surface area contributed by atoms with E-state index in [1.807, 2.05) is 45.0 Å². The van der Waals surface area contributed by atoms with Crippen molar-refractivity contribution in [1.82, 2.24) is 25.8 Å². The van der Waals surface area contributed by atoms with E-state index in [2.05, 4.69) is 44.1 Å². The van der Waals surface area contributed by atoms with Crippen LogP contribution >= 0.6 is 0 Å². The fraction of sp³-hybridized carbons (Fsp3) is 0.383. The average Bonchev–Trinajstić information content (AvgIpc) is 3.51. The summed E-state index contributed by atoms with van der Waals surface area (Å²) in [5.41, 5.74) is 7.18. The molecule has 0 spiro atoms. The van der Waals surface area contributed by atoms with E-state index >= 15 is 0 Å². The molecule has 2 fully saturated rings. The van der Waals surface area contributed by atoms with E-state index in [1.165, 1.54) is 0 Å². The molecule has 4 heterocycles. The second kappa shape index (κ2) is 19.0. The Balaban J connectivity index is 0.981.